The number of nitrogens with zero attached hydrogens (tertiary/aromatic N) is 2. The van der Waals surface area contributed by atoms with Gasteiger partial charge in [-0.05, 0) is 18.9 Å². The van der Waals surface area contributed by atoms with Crippen LogP contribution in [0.2, 0.25) is 0 Å². The summed E-state index contributed by atoms with van der Waals surface area (Å²) in [6.07, 6.45) is 5.75. The van der Waals surface area contributed by atoms with E-state index in [1.165, 1.54) is 25.7 Å². The van der Waals surface area contributed by atoms with Crippen LogP contribution in [0, 0.1) is 0 Å². The Balaban J connectivity index is 0.00000200. The lowest BCUT2D eigenvalue weighted by Crippen LogP contribution is -2.38. The highest BCUT2D eigenvalue weighted by molar-refractivity contribution is 14.0. The average Bonchev–Trinajstić information content (AvgIpc) is 2.92. The molecule has 0 saturated heterocycles. The van der Waals surface area contributed by atoms with Crippen molar-refractivity contribution >= 4 is 29.9 Å². The molecule has 1 aromatic rings. The van der Waals surface area contributed by atoms with Gasteiger partial charge in [-0.15, -0.1) is 24.0 Å². The zero-order valence-electron chi connectivity index (χ0n) is 11.8. The van der Waals surface area contributed by atoms with Crippen molar-refractivity contribution in [2.24, 2.45) is 10.7 Å². The monoisotopic (exact) mass is 390 g/mol. The maximum atomic E-state index is 5.87. The molecule has 112 valence electrons. The molecule has 1 heterocycles. The minimum atomic E-state index is 0. The van der Waals surface area contributed by atoms with Crippen LogP contribution in [0.1, 0.15) is 31.4 Å². The van der Waals surface area contributed by atoms with E-state index in [-0.39, 0.29) is 24.0 Å². The topological polar surface area (TPSA) is 72.5 Å². The van der Waals surface area contributed by atoms with Crippen molar-refractivity contribution < 1.29 is 4.74 Å². The molecule has 0 aromatic carbocycles. The molecule has 3 N–H and O–H groups in total. The molecule has 2 rings (SSSR count). The van der Waals surface area contributed by atoms with E-state index in [2.05, 4.69) is 15.3 Å². The SMILES string of the molecule is COc1cccc(CCN=C(N)NC2CCCC2)n1.I. The van der Waals surface area contributed by atoms with Crippen LogP contribution in [0.3, 0.4) is 0 Å². The fraction of sp³-hybridized carbons (Fsp3) is 0.571. The van der Waals surface area contributed by atoms with Gasteiger partial charge in [0, 0.05) is 30.8 Å². The highest BCUT2D eigenvalue weighted by atomic mass is 127. The second kappa shape index (κ2) is 8.99. The zero-order chi connectivity index (χ0) is 13.5. The summed E-state index contributed by atoms with van der Waals surface area (Å²) in [6.45, 7) is 0.645. The summed E-state index contributed by atoms with van der Waals surface area (Å²) in [6, 6.07) is 6.26. The molecule has 0 spiro atoms. The third-order valence-corrected chi connectivity index (χ3v) is 3.35. The Kier molecular flexibility index (Phi) is 7.64. The highest BCUT2D eigenvalue weighted by Crippen LogP contribution is 2.17. The van der Waals surface area contributed by atoms with Crippen LogP contribution in [0.5, 0.6) is 5.88 Å². The van der Waals surface area contributed by atoms with Crippen LogP contribution in [-0.4, -0.2) is 30.6 Å². The molecule has 0 unspecified atom stereocenters. The molecular weight excluding hydrogens is 367 g/mol. The molecule has 1 aliphatic rings. The van der Waals surface area contributed by atoms with Gasteiger partial charge < -0.3 is 15.8 Å². The second-order valence-electron chi connectivity index (χ2n) is 4.81. The Morgan fingerprint density at radius 2 is 2.20 bits per heavy atom. The minimum absolute atomic E-state index is 0. The summed E-state index contributed by atoms with van der Waals surface area (Å²) in [5.41, 5.74) is 6.84. The maximum Gasteiger partial charge on any atom is 0.213 e. The van der Waals surface area contributed by atoms with Gasteiger partial charge >= 0.3 is 0 Å². The smallest absolute Gasteiger partial charge is 0.213 e. The molecule has 0 radical (unpaired) electrons. The lowest BCUT2D eigenvalue weighted by atomic mass is 10.2. The van der Waals surface area contributed by atoms with Crippen molar-refractivity contribution in [1.82, 2.24) is 10.3 Å². The first-order chi connectivity index (χ1) is 9.28. The molecule has 0 bridgehead atoms. The van der Waals surface area contributed by atoms with Gasteiger partial charge in [-0.1, -0.05) is 18.9 Å². The van der Waals surface area contributed by atoms with E-state index in [4.69, 9.17) is 10.5 Å². The lowest BCUT2D eigenvalue weighted by Gasteiger charge is -2.12. The predicted octanol–water partition coefficient (Wildman–Crippen LogP) is 2.10. The normalized spacial score (nSPS) is 15.8. The number of aromatic nitrogens is 1. The number of rotatable bonds is 5. The number of halogens is 1. The van der Waals surface area contributed by atoms with E-state index in [9.17, 15) is 0 Å². The van der Waals surface area contributed by atoms with Gasteiger partial charge in [0.05, 0.1) is 7.11 Å². The Morgan fingerprint density at radius 1 is 1.45 bits per heavy atom. The molecule has 1 aliphatic carbocycles. The van der Waals surface area contributed by atoms with Crippen LogP contribution < -0.4 is 15.8 Å². The predicted molar refractivity (Wildman–Crippen MR) is 91.8 cm³/mol. The average molecular weight is 390 g/mol. The first kappa shape index (κ1) is 17.0. The van der Waals surface area contributed by atoms with E-state index in [0.717, 1.165) is 12.1 Å². The standard InChI is InChI=1S/C14H22N4O.HI/c1-19-13-8-4-7-12(17-13)9-10-16-14(15)18-11-5-2-3-6-11;/h4,7-8,11H,2-3,5-6,9-10H2,1H3,(H3,15,16,18);1H. The van der Waals surface area contributed by atoms with Crippen molar-refractivity contribution in [3.05, 3.63) is 23.9 Å². The van der Waals surface area contributed by atoms with Gasteiger partial charge in [-0.2, -0.15) is 0 Å². The summed E-state index contributed by atoms with van der Waals surface area (Å²) in [5, 5.41) is 3.27. The molecular formula is C14H23IN4O. The van der Waals surface area contributed by atoms with Crippen LogP contribution in [0.15, 0.2) is 23.2 Å². The molecule has 0 amide bonds. The van der Waals surface area contributed by atoms with E-state index in [1.807, 2.05) is 18.2 Å². The van der Waals surface area contributed by atoms with Crippen LogP contribution in [-0.2, 0) is 6.42 Å². The number of pyridine rings is 1. The molecule has 1 saturated carbocycles. The zero-order valence-corrected chi connectivity index (χ0v) is 14.2. The van der Waals surface area contributed by atoms with Crippen molar-refractivity contribution in [2.45, 2.75) is 38.1 Å². The van der Waals surface area contributed by atoms with Crippen molar-refractivity contribution in [3.63, 3.8) is 0 Å². The fourth-order valence-corrected chi connectivity index (χ4v) is 2.33. The number of guanidine groups is 1. The number of ether oxygens (including phenoxy) is 1. The third kappa shape index (κ3) is 5.52. The Hall–Kier alpha value is -1.05. The van der Waals surface area contributed by atoms with Gasteiger partial charge in [-0.25, -0.2) is 4.98 Å². The fourth-order valence-electron chi connectivity index (χ4n) is 2.33. The van der Waals surface area contributed by atoms with Crippen molar-refractivity contribution in [1.29, 1.82) is 0 Å². The van der Waals surface area contributed by atoms with Gasteiger partial charge in [-0.3, -0.25) is 4.99 Å². The van der Waals surface area contributed by atoms with Crippen LogP contribution in [0.25, 0.3) is 0 Å². The maximum absolute atomic E-state index is 5.87. The van der Waals surface area contributed by atoms with Gasteiger partial charge in [0.25, 0.3) is 0 Å². The first-order valence-corrected chi connectivity index (χ1v) is 6.84. The summed E-state index contributed by atoms with van der Waals surface area (Å²) in [7, 11) is 1.62. The molecule has 0 aliphatic heterocycles. The van der Waals surface area contributed by atoms with Crippen molar-refractivity contribution in [2.75, 3.05) is 13.7 Å². The van der Waals surface area contributed by atoms with Crippen molar-refractivity contribution in [3.8, 4) is 5.88 Å². The molecule has 1 aromatic heterocycles. The van der Waals surface area contributed by atoms with E-state index < -0.39 is 0 Å². The summed E-state index contributed by atoms with van der Waals surface area (Å²) >= 11 is 0. The second-order valence-corrected chi connectivity index (χ2v) is 4.81. The molecule has 5 nitrogen and oxygen atoms in total. The Morgan fingerprint density at radius 3 is 2.90 bits per heavy atom. The van der Waals surface area contributed by atoms with Crippen LogP contribution >= 0.6 is 24.0 Å². The van der Waals surface area contributed by atoms with Crippen LogP contribution in [0.4, 0.5) is 0 Å². The summed E-state index contributed by atoms with van der Waals surface area (Å²) in [4.78, 5) is 8.68. The minimum Gasteiger partial charge on any atom is -0.481 e. The number of nitrogens with one attached hydrogen (secondary N) is 1. The number of nitrogens with two attached hydrogens (primary N) is 1. The molecule has 6 heteroatoms. The third-order valence-electron chi connectivity index (χ3n) is 3.35. The van der Waals surface area contributed by atoms with E-state index in [0.29, 0.717) is 24.4 Å². The van der Waals surface area contributed by atoms with Gasteiger partial charge in [0.15, 0.2) is 5.96 Å². The molecule has 0 atom stereocenters. The van der Waals surface area contributed by atoms with Gasteiger partial charge in [0.2, 0.25) is 5.88 Å². The van der Waals surface area contributed by atoms with E-state index >= 15 is 0 Å². The summed E-state index contributed by atoms with van der Waals surface area (Å²) < 4.78 is 5.09. The molecule has 1 fully saturated rings. The first-order valence-electron chi connectivity index (χ1n) is 6.84. The number of hydrogen-bond acceptors (Lipinski definition) is 3. The Labute approximate surface area is 137 Å². The highest BCUT2D eigenvalue weighted by Gasteiger charge is 2.14. The number of aliphatic imine (C=N–C) groups is 1. The quantitative estimate of drug-likeness (QED) is 0.459. The molecule has 20 heavy (non-hydrogen) atoms. The van der Waals surface area contributed by atoms with Gasteiger partial charge in [0.1, 0.15) is 0 Å². The lowest BCUT2D eigenvalue weighted by molar-refractivity contribution is 0.396. The Bertz CT molecular complexity index is 433. The number of hydrogen-bond donors (Lipinski definition) is 2. The largest absolute Gasteiger partial charge is 0.481 e. The van der Waals surface area contributed by atoms with E-state index in [1.54, 1.807) is 7.11 Å². The number of methoxy groups -OCH3 is 1. The summed E-state index contributed by atoms with van der Waals surface area (Å²) in [5.74, 6) is 1.19.